The fraction of sp³-hybridized carbons (Fsp3) is 0.158. The first-order valence-electron chi connectivity index (χ1n) is 7.97. The van der Waals surface area contributed by atoms with Gasteiger partial charge in [0.2, 0.25) is 0 Å². The van der Waals surface area contributed by atoms with Gasteiger partial charge in [-0.2, -0.15) is 0 Å². The number of amides is 1. The average Bonchev–Trinajstić information content (AvgIpc) is 2.62. The van der Waals surface area contributed by atoms with Crippen LogP contribution in [0.25, 0.3) is 0 Å². The van der Waals surface area contributed by atoms with Gasteiger partial charge < -0.3 is 20.7 Å². The summed E-state index contributed by atoms with van der Waals surface area (Å²) < 4.78 is 6.12. The van der Waals surface area contributed by atoms with E-state index in [9.17, 15) is 4.79 Å². The fourth-order valence-electron chi connectivity index (χ4n) is 2.77. The zero-order chi connectivity index (χ0) is 18.7. The summed E-state index contributed by atoms with van der Waals surface area (Å²) in [5, 5.41) is 9.65. The number of halogens is 1. The largest absolute Gasteiger partial charge is 0.497 e. The highest BCUT2D eigenvalue weighted by molar-refractivity contribution is 9.10. The molecule has 0 aliphatic carbocycles. The smallest absolute Gasteiger partial charge is 0.255 e. The van der Waals surface area contributed by atoms with Gasteiger partial charge in [0.15, 0.2) is 5.11 Å². The maximum absolute atomic E-state index is 13.0. The van der Waals surface area contributed by atoms with Crippen LogP contribution in [-0.2, 0) is 4.79 Å². The van der Waals surface area contributed by atoms with Gasteiger partial charge in [0.05, 0.1) is 18.7 Å². The summed E-state index contributed by atoms with van der Waals surface area (Å²) in [5.74, 6) is 0.542. The third-order valence-corrected chi connectivity index (χ3v) is 4.81. The summed E-state index contributed by atoms with van der Waals surface area (Å²) in [6, 6.07) is 14.7. The molecule has 2 aromatic carbocycles. The van der Waals surface area contributed by atoms with Crippen molar-refractivity contribution in [2.75, 3.05) is 12.4 Å². The minimum Gasteiger partial charge on any atom is -0.497 e. The lowest BCUT2D eigenvalue weighted by Crippen LogP contribution is -2.45. The molecule has 0 saturated heterocycles. The number of nitrogens with one attached hydrogen (secondary N) is 3. The lowest BCUT2D eigenvalue weighted by molar-refractivity contribution is -0.113. The van der Waals surface area contributed by atoms with Gasteiger partial charge in [-0.3, -0.25) is 4.79 Å². The number of carbonyl (C=O) groups excluding carboxylic acids is 1. The lowest BCUT2D eigenvalue weighted by atomic mass is 9.95. The Hall–Kier alpha value is -2.38. The number of rotatable bonds is 4. The van der Waals surface area contributed by atoms with Crippen LogP contribution in [0.1, 0.15) is 18.5 Å². The molecule has 5 nitrogen and oxygen atoms in total. The van der Waals surface area contributed by atoms with Crippen molar-refractivity contribution in [1.82, 2.24) is 10.6 Å². The number of anilines is 1. The fourth-order valence-corrected chi connectivity index (χ4v) is 3.31. The Morgan fingerprint density at radius 2 is 1.81 bits per heavy atom. The van der Waals surface area contributed by atoms with Crippen LogP contribution in [0.5, 0.6) is 5.75 Å². The summed E-state index contributed by atoms with van der Waals surface area (Å²) in [6.45, 7) is 1.85. The number of ether oxygens (including phenoxy) is 1. The van der Waals surface area contributed by atoms with Gasteiger partial charge in [-0.25, -0.2) is 0 Å². The molecular weight excluding hydrogens is 414 g/mol. The van der Waals surface area contributed by atoms with Crippen LogP contribution in [0.4, 0.5) is 5.69 Å². The Balaban J connectivity index is 1.89. The van der Waals surface area contributed by atoms with Crippen LogP contribution in [-0.4, -0.2) is 18.1 Å². The predicted octanol–water partition coefficient (Wildman–Crippen LogP) is 3.89. The van der Waals surface area contributed by atoms with Crippen LogP contribution in [0, 0.1) is 0 Å². The molecule has 2 aromatic rings. The zero-order valence-electron chi connectivity index (χ0n) is 14.3. The first kappa shape index (κ1) is 18.4. The van der Waals surface area contributed by atoms with E-state index in [0.29, 0.717) is 16.4 Å². The van der Waals surface area contributed by atoms with E-state index in [0.717, 1.165) is 21.5 Å². The van der Waals surface area contributed by atoms with Gasteiger partial charge in [0.25, 0.3) is 5.91 Å². The maximum Gasteiger partial charge on any atom is 0.255 e. The van der Waals surface area contributed by atoms with Crippen molar-refractivity contribution in [3.63, 3.8) is 0 Å². The van der Waals surface area contributed by atoms with E-state index in [-0.39, 0.29) is 11.9 Å². The van der Waals surface area contributed by atoms with Crippen LogP contribution < -0.4 is 20.7 Å². The minimum absolute atomic E-state index is 0.192. The molecule has 26 heavy (non-hydrogen) atoms. The normalized spacial score (nSPS) is 16.6. The third-order valence-electron chi connectivity index (χ3n) is 4.06. The first-order chi connectivity index (χ1) is 12.5. The topological polar surface area (TPSA) is 62.4 Å². The molecule has 0 saturated carbocycles. The minimum atomic E-state index is -0.324. The summed E-state index contributed by atoms with van der Waals surface area (Å²) in [4.78, 5) is 13.0. The quantitative estimate of drug-likeness (QED) is 0.640. The molecule has 1 heterocycles. The molecule has 7 heteroatoms. The van der Waals surface area contributed by atoms with Crippen molar-refractivity contribution in [1.29, 1.82) is 0 Å². The Labute approximate surface area is 165 Å². The van der Waals surface area contributed by atoms with Crippen LogP contribution >= 0.6 is 28.1 Å². The molecule has 3 N–H and O–H groups in total. The molecule has 1 amide bonds. The average molecular weight is 432 g/mol. The first-order valence-corrected chi connectivity index (χ1v) is 9.17. The zero-order valence-corrected chi connectivity index (χ0v) is 16.7. The van der Waals surface area contributed by atoms with E-state index in [1.807, 2.05) is 31.2 Å². The van der Waals surface area contributed by atoms with Crippen molar-refractivity contribution in [3.8, 4) is 5.75 Å². The molecule has 1 aliphatic heterocycles. The van der Waals surface area contributed by atoms with E-state index >= 15 is 0 Å². The van der Waals surface area contributed by atoms with Gasteiger partial charge in [-0.05, 0) is 61.1 Å². The van der Waals surface area contributed by atoms with E-state index in [4.69, 9.17) is 17.0 Å². The second-order valence-electron chi connectivity index (χ2n) is 5.80. The molecular formula is C19H18BrN3O2S. The van der Waals surface area contributed by atoms with Crippen molar-refractivity contribution < 1.29 is 9.53 Å². The number of carbonyl (C=O) groups is 1. The summed E-state index contributed by atoms with van der Waals surface area (Å²) in [6.07, 6.45) is 0. The molecule has 134 valence electrons. The Kier molecular flexibility index (Phi) is 5.58. The van der Waals surface area contributed by atoms with E-state index in [2.05, 4.69) is 31.9 Å². The maximum atomic E-state index is 13.0. The lowest BCUT2D eigenvalue weighted by Gasteiger charge is -2.30. The van der Waals surface area contributed by atoms with E-state index in [1.165, 1.54) is 0 Å². The highest BCUT2D eigenvalue weighted by Crippen LogP contribution is 2.29. The van der Waals surface area contributed by atoms with Crippen molar-refractivity contribution in [2.45, 2.75) is 13.0 Å². The number of hydrogen-bond acceptors (Lipinski definition) is 3. The van der Waals surface area contributed by atoms with E-state index in [1.54, 1.807) is 31.4 Å². The molecule has 1 unspecified atom stereocenters. The Morgan fingerprint density at radius 1 is 1.15 bits per heavy atom. The highest BCUT2D eigenvalue weighted by atomic mass is 79.9. The third kappa shape index (κ3) is 4.05. The van der Waals surface area contributed by atoms with E-state index < -0.39 is 0 Å². The molecule has 1 atom stereocenters. The molecule has 0 aromatic heterocycles. The molecule has 1 aliphatic rings. The van der Waals surface area contributed by atoms with Crippen molar-refractivity contribution >= 4 is 44.9 Å². The monoisotopic (exact) mass is 431 g/mol. The molecule has 0 radical (unpaired) electrons. The van der Waals surface area contributed by atoms with Gasteiger partial charge >= 0.3 is 0 Å². The highest BCUT2D eigenvalue weighted by Gasteiger charge is 2.29. The number of hydrogen-bond donors (Lipinski definition) is 3. The van der Waals surface area contributed by atoms with Gasteiger partial charge in [-0.15, -0.1) is 0 Å². The number of allylic oxidation sites excluding steroid dienone is 1. The van der Waals surface area contributed by atoms with Gasteiger partial charge in [0.1, 0.15) is 5.75 Å². The van der Waals surface area contributed by atoms with Crippen LogP contribution in [0.3, 0.4) is 0 Å². The van der Waals surface area contributed by atoms with Crippen molar-refractivity contribution in [2.24, 2.45) is 0 Å². The summed E-state index contributed by atoms with van der Waals surface area (Å²) in [5.41, 5.74) is 2.97. The molecule has 0 spiro atoms. The SMILES string of the molecule is COc1ccc(NC(=O)C2=C(C)NC(=S)NC2c2ccc(Br)cc2)cc1. The van der Waals surface area contributed by atoms with Crippen LogP contribution in [0.15, 0.2) is 64.3 Å². The van der Waals surface area contributed by atoms with Crippen LogP contribution in [0.2, 0.25) is 0 Å². The molecule has 0 bridgehead atoms. The Morgan fingerprint density at radius 3 is 2.42 bits per heavy atom. The Bertz CT molecular complexity index is 863. The number of methoxy groups -OCH3 is 1. The summed E-state index contributed by atoms with van der Waals surface area (Å²) >= 11 is 8.70. The molecule has 3 rings (SSSR count). The number of benzene rings is 2. The predicted molar refractivity (Wildman–Crippen MR) is 110 cm³/mol. The number of thiocarbonyl (C=S) groups is 1. The second-order valence-corrected chi connectivity index (χ2v) is 7.13. The standard InChI is InChI=1S/C19H18BrN3O2S/c1-11-16(18(24)22-14-7-9-15(25-2)10-8-14)17(23-19(26)21-11)12-3-5-13(20)6-4-12/h3-10,17H,1-2H3,(H,22,24)(H2,21,23,26). The van der Waals surface area contributed by atoms with Gasteiger partial charge in [-0.1, -0.05) is 28.1 Å². The van der Waals surface area contributed by atoms with Gasteiger partial charge in [0, 0.05) is 15.9 Å². The second kappa shape index (κ2) is 7.88. The molecule has 0 fully saturated rings. The summed E-state index contributed by atoms with van der Waals surface area (Å²) in [7, 11) is 1.60. The van der Waals surface area contributed by atoms with Crippen molar-refractivity contribution in [3.05, 3.63) is 69.8 Å².